The number of aryl methyl sites for hydroxylation is 1. The SMILES string of the molecule is CCCn1cc(Cl)cc1C(=O)N1CCC[C@H](C(=O)OC)C1. The van der Waals surface area contributed by atoms with Gasteiger partial charge in [0.25, 0.3) is 5.91 Å². The first kappa shape index (κ1) is 15.9. The van der Waals surface area contributed by atoms with E-state index in [4.69, 9.17) is 16.3 Å². The van der Waals surface area contributed by atoms with E-state index in [0.29, 0.717) is 23.8 Å². The lowest BCUT2D eigenvalue weighted by molar-refractivity contribution is -0.146. The van der Waals surface area contributed by atoms with E-state index in [1.807, 2.05) is 4.57 Å². The van der Waals surface area contributed by atoms with Crippen LogP contribution in [-0.2, 0) is 16.1 Å². The number of carbonyl (C=O) groups is 2. The maximum Gasteiger partial charge on any atom is 0.310 e. The highest BCUT2D eigenvalue weighted by molar-refractivity contribution is 6.31. The van der Waals surface area contributed by atoms with Crippen LogP contribution >= 0.6 is 11.6 Å². The highest BCUT2D eigenvalue weighted by Gasteiger charge is 2.30. The third-order valence-corrected chi connectivity index (χ3v) is 4.00. The van der Waals surface area contributed by atoms with E-state index in [0.717, 1.165) is 25.8 Å². The van der Waals surface area contributed by atoms with Gasteiger partial charge in [0.1, 0.15) is 5.69 Å². The highest BCUT2D eigenvalue weighted by Crippen LogP contribution is 2.22. The number of halogens is 1. The van der Waals surface area contributed by atoms with Crippen molar-refractivity contribution in [1.82, 2.24) is 9.47 Å². The first-order valence-corrected chi connectivity index (χ1v) is 7.67. The van der Waals surface area contributed by atoms with Crippen molar-refractivity contribution in [2.45, 2.75) is 32.7 Å². The molecule has 1 saturated heterocycles. The zero-order valence-corrected chi connectivity index (χ0v) is 13.2. The zero-order valence-electron chi connectivity index (χ0n) is 12.5. The van der Waals surface area contributed by atoms with Crippen molar-refractivity contribution >= 4 is 23.5 Å². The number of hydrogen-bond acceptors (Lipinski definition) is 3. The van der Waals surface area contributed by atoms with Gasteiger partial charge in [-0.15, -0.1) is 0 Å². The molecule has 1 aromatic heterocycles. The molecule has 0 spiro atoms. The molecule has 1 amide bonds. The van der Waals surface area contributed by atoms with Crippen LogP contribution in [0.1, 0.15) is 36.7 Å². The molecule has 21 heavy (non-hydrogen) atoms. The predicted molar refractivity (Wildman–Crippen MR) is 80.4 cm³/mol. The van der Waals surface area contributed by atoms with Crippen molar-refractivity contribution in [3.8, 4) is 0 Å². The van der Waals surface area contributed by atoms with Crippen LogP contribution in [0.4, 0.5) is 0 Å². The molecule has 1 atom stereocenters. The van der Waals surface area contributed by atoms with Crippen LogP contribution in [0.5, 0.6) is 0 Å². The van der Waals surface area contributed by atoms with E-state index >= 15 is 0 Å². The number of rotatable bonds is 4. The fraction of sp³-hybridized carbons (Fsp3) is 0.600. The molecule has 1 aliphatic heterocycles. The molecule has 2 rings (SSSR count). The number of amides is 1. The molecule has 0 bridgehead atoms. The molecule has 0 aliphatic carbocycles. The number of aromatic nitrogens is 1. The first-order chi connectivity index (χ1) is 10.1. The molecule has 6 heteroatoms. The Kier molecular flexibility index (Phi) is 5.28. The van der Waals surface area contributed by atoms with Crippen LogP contribution in [0.25, 0.3) is 0 Å². The summed E-state index contributed by atoms with van der Waals surface area (Å²) in [5.74, 6) is -0.531. The fourth-order valence-electron chi connectivity index (χ4n) is 2.76. The summed E-state index contributed by atoms with van der Waals surface area (Å²) in [4.78, 5) is 26.0. The average molecular weight is 313 g/mol. The zero-order chi connectivity index (χ0) is 15.4. The molecule has 116 valence electrons. The van der Waals surface area contributed by atoms with Gasteiger partial charge in [-0.05, 0) is 25.3 Å². The smallest absolute Gasteiger partial charge is 0.310 e. The number of nitrogens with zero attached hydrogens (tertiary/aromatic N) is 2. The number of hydrogen-bond donors (Lipinski definition) is 0. The third-order valence-electron chi connectivity index (χ3n) is 3.79. The van der Waals surface area contributed by atoms with Crippen molar-refractivity contribution in [3.63, 3.8) is 0 Å². The standard InChI is InChI=1S/C15H21ClN2O3/c1-3-6-17-10-12(16)8-13(17)14(19)18-7-4-5-11(9-18)15(20)21-2/h8,10-11H,3-7,9H2,1-2H3/t11-/m0/s1. The van der Waals surface area contributed by atoms with Crippen molar-refractivity contribution < 1.29 is 14.3 Å². The van der Waals surface area contributed by atoms with Crippen LogP contribution < -0.4 is 0 Å². The van der Waals surface area contributed by atoms with Gasteiger partial charge < -0.3 is 14.2 Å². The van der Waals surface area contributed by atoms with Gasteiger partial charge in [0.15, 0.2) is 0 Å². The van der Waals surface area contributed by atoms with Crippen molar-refractivity contribution in [1.29, 1.82) is 0 Å². The molecule has 0 N–H and O–H groups in total. The van der Waals surface area contributed by atoms with Crippen LogP contribution in [0, 0.1) is 5.92 Å². The summed E-state index contributed by atoms with van der Waals surface area (Å²) >= 11 is 6.02. The lowest BCUT2D eigenvalue weighted by Crippen LogP contribution is -2.43. The van der Waals surface area contributed by atoms with E-state index in [1.54, 1.807) is 17.2 Å². The van der Waals surface area contributed by atoms with E-state index < -0.39 is 0 Å². The minimum absolute atomic E-state index is 0.0658. The topological polar surface area (TPSA) is 51.5 Å². The summed E-state index contributed by atoms with van der Waals surface area (Å²) in [5.41, 5.74) is 0.590. The van der Waals surface area contributed by atoms with Crippen LogP contribution in [0.2, 0.25) is 5.02 Å². The molecule has 0 aromatic carbocycles. The minimum Gasteiger partial charge on any atom is -0.469 e. The van der Waals surface area contributed by atoms with Gasteiger partial charge in [-0.2, -0.15) is 0 Å². The molecule has 0 unspecified atom stereocenters. The summed E-state index contributed by atoms with van der Waals surface area (Å²) in [6.07, 6.45) is 4.29. The Balaban J connectivity index is 2.14. The van der Waals surface area contributed by atoms with Gasteiger partial charge in [0, 0.05) is 25.8 Å². The van der Waals surface area contributed by atoms with Gasteiger partial charge in [-0.25, -0.2) is 0 Å². The Morgan fingerprint density at radius 1 is 1.48 bits per heavy atom. The Morgan fingerprint density at radius 2 is 2.24 bits per heavy atom. The maximum absolute atomic E-state index is 12.7. The number of carbonyl (C=O) groups excluding carboxylic acids is 2. The quantitative estimate of drug-likeness (QED) is 0.803. The number of methoxy groups -OCH3 is 1. The van der Waals surface area contributed by atoms with E-state index in [1.165, 1.54) is 7.11 Å². The second kappa shape index (κ2) is 6.98. The van der Waals surface area contributed by atoms with Crippen LogP contribution in [0.15, 0.2) is 12.3 Å². The van der Waals surface area contributed by atoms with Gasteiger partial charge in [0.2, 0.25) is 0 Å². The third kappa shape index (κ3) is 3.59. The normalized spacial score (nSPS) is 18.6. The summed E-state index contributed by atoms with van der Waals surface area (Å²) < 4.78 is 6.67. The number of piperidine rings is 1. The van der Waals surface area contributed by atoms with Crippen molar-refractivity contribution in [2.75, 3.05) is 20.2 Å². The van der Waals surface area contributed by atoms with Crippen LogP contribution in [0.3, 0.4) is 0 Å². The second-order valence-corrected chi connectivity index (χ2v) is 5.79. The van der Waals surface area contributed by atoms with Crippen molar-refractivity contribution in [3.05, 3.63) is 23.0 Å². The van der Waals surface area contributed by atoms with Gasteiger partial charge in [-0.1, -0.05) is 18.5 Å². The highest BCUT2D eigenvalue weighted by atomic mass is 35.5. The van der Waals surface area contributed by atoms with Gasteiger partial charge in [0.05, 0.1) is 18.1 Å². The summed E-state index contributed by atoms with van der Waals surface area (Å²) in [5, 5.41) is 0.563. The Morgan fingerprint density at radius 3 is 2.90 bits per heavy atom. The van der Waals surface area contributed by atoms with E-state index in [-0.39, 0.29) is 17.8 Å². The molecule has 2 heterocycles. The molecular weight excluding hydrogens is 292 g/mol. The molecule has 5 nitrogen and oxygen atoms in total. The Bertz CT molecular complexity index is 527. The predicted octanol–water partition coefficient (Wildman–Crippen LogP) is 2.58. The Hall–Kier alpha value is -1.49. The van der Waals surface area contributed by atoms with Gasteiger partial charge in [-0.3, -0.25) is 9.59 Å². The van der Waals surface area contributed by atoms with Crippen LogP contribution in [-0.4, -0.2) is 41.5 Å². The minimum atomic E-state index is -0.241. The second-order valence-electron chi connectivity index (χ2n) is 5.35. The monoisotopic (exact) mass is 312 g/mol. The molecule has 0 radical (unpaired) electrons. The number of esters is 1. The summed E-state index contributed by atoms with van der Waals surface area (Å²) in [6.45, 7) is 3.89. The molecular formula is C15H21ClN2O3. The Labute approximate surface area is 129 Å². The summed E-state index contributed by atoms with van der Waals surface area (Å²) in [6, 6.07) is 1.70. The van der Waals surface area contributed by atoms with E-state index in [9.17, 15) is 9.59 Å². The van der Waals surface area contributed by atoms with Gasteiger partial charge >= 0.3 is 5.97 Å². The lowest BCUT2D eigenvalue weighted by Gasteiger charge is -2.31. The van der Waals surface area contributed by atoms with E-state index in [2.05, 4.69) is 6.92 Å². The fourth-order valence-corrected chi connectivity index (χ4v) is 2.98. The molecule has 1 aromatic rings. The number of ether oxygens (including phenoxy) is 1. The molecule has 1 aliphatic rings. The average Bonchev–Trinajstić information content (AvgIpc) is 2.87. The maximum atomic E-state index is 12.7. The first-order valence-electron chi connectivity index (χ1n) is 7.29. The molecule has 1 fully saturated rings. The number of likely N-dealkylation sites (tertiary alicyclic amines) is 1. The summed E-state index contributed by atoms with van der Waals surface area (Å²) in [7, 11) is 1.38. The van der Waals surface area contributed by atoms with Crippen molar-refractivity contribution in [2.24, 2.45) is 5.92 Å². The molecule has 0 saturated carbocycles. The largest absolute Gasteiger partial charge is 0.469 e. The lowest BCUT2D eigenvalue weighted by atomic mass is 9.98.